The second-order valence-electron chi connectivity index (χ2n) is 10.8. The van der Waals surface area contributed by atoms with Gasteiger partial charge in [-0.3, -0.25) is 4.79 Å². The molecule has 0 spiro atoms. The van der Waals surface area contributed by atoms with Crippen LogP contribution in [0.4, 0.5) is 9.18 Å². The Labute approximate surface area is 213 Å². The Balaban J connectivity index is 1.95. The minimum Gasteiger partial charge on any atom is -0.444 e. The SMILES string of the molecule is CC(=O)NCCC[C@@](O)(c1ccc(F)c(-c2cccc(C)c2)c1)C1CCCN(C(=O)OC(C)(C)C)C1. The first-order valence-corrected chi connectivity index (χ1v) is 12.7. The van der Waals surface area contributed by atoms with Gasteiger partial charge in [-0.2, -0.15) is 0 Å². The lowest BCUT2D eigenvalue weighted by Gasteiger charge is -2.43. The molecule has 1 aliphatic heterocycles. The van der Waals surface area contributed by atoms with Crippen molar-refractivity contribution in [3.8, 4) is 11.1 Å². The van der Waals surface area contributed by atoms with Crippen LogP contribution < -0.4 is 5.32 Å². The highest BCUT2D eigenvalue weighted by atomic mass is 19.1. The van der Waals surface area contributed by atoms with Crippen LogP contribution in [0.25, 0.3) is 11.1 Å². The van der Waals surface area contributed by atoms with Gasteiger partial charge in [0, 0.05) is 38.0 Å². The Morgan fingerprint density at radius 2 is 1.94 bits per heavy atom. The largest absolute Gasteiger partial charge is 0.444 e. The first kappa shape index (κ1) is 27.7. The molecule has 1 heterocycles. The van der Waals surface area contributed by atoms with Gasteiger partial charge in [0.15, 0.2) is 0 Å². The van der Waals surface area contributed by atoms with Crippen LogP contribution in [-0.2, 0) is 15.1 Å². The van der Waals surface area contributed by atoms with Gasteiger partial charge in [0.1, 0.15) is 11.4 Å². The van der Waals surface area contributed by atoms with Gasteiger partial charge in [0.05, 0.1) is 5.60 Å². The number of hydrogen-bond donors (Lipinski definition) is 2. The van der Waals surface area contributed by atoms with Crippen LogP contribution in [0.15, 0.2) is 42.5 Å². The normalized spacial score (nSPS) is 17.9. The van der Waals surface area contributed by atoms with E-state index < -0.39 is 17.3 Å². The number of nitrogens with zero attached hydrogens (tertiary/aromatic N) is 1. The van der Waals surface area contributed by atoms with Crippen LogP contribution in [0.2, 0.25) is 0 Å². The topological polar surface area (TPSA) is 78.9 Å². The molecule has 0 radical (unpaired) electrons. The summed E-state index contributed by atoms with van der Waals surface area (Å²) in [6, 6.07) is 12.4. The van der Waals surface area contributed by atoms with Crippen molar-refractivity contribution in [2.75, 3.05) is 19.6 Å². The fourth-order valence-electron chi connectivity index (χ4n) is 4.89. The lowest BCUT2D eigenvalue weighted by Crippen LogP contribution is -2.49. The van der Waals surface area contributed by atoms with E-state index in [0.29, 0.717) is 50.0 Å². The molecule has 7 heteroatoms. The Morgan fingerprint density at radius 1 is 1.19 bits per heavy atom. The third-order valence-corrected chi connectivity index (χ3v) is 6.65. The summed E-state index contributed by atoms with van der Waals surface area (Å²) < 4.78 is 20.5. The van der Waals surface area contributed by atoms with Crippen LogP contribution in [0.3, 0.4) is 0 Å². The first-order valence-electron chi connectivity index (χ1n) is 12.7. The molecular formula is C29H39FN2O4. The maximum Gasteiger partial charge on any atom is 0.410 e. The molecule has 3 rings (SSSR count). The summed E-state index contributed by atoms with van der Waals surface area (Å²) in [5, 5.41) is 15.0. The minimum absolute atomic E-state index is 0.129. The van der Waals surface area contributed by atoms with Crippen molar-refractivity contribution < 1.29 is 23.8 Å². The smallest absolute Gasteiger partial charge is 0.410 e. The number of rotatable bonds is 7. The van der Waals surface area contributed by atoms with Gasteiger partial charge >= 0.3 is 6.09 Å². The monoisotopic (exact) mass is 498 g/mol. The number of nitrogens with one attached hydrogen (secondary N) is 1. The van der Waals surface area contributed by atoms with Crippen molar-refractivity contribution in [1.82, 2.24) is 10.2 Å². The Morgan fingerprint density at radius 3 is 2.61 bits per heavy atom. The number of likely N-dealkylation sites (tertiary alicyclic amines) is 1. The molecule has 0 aromatic heterocycles. The van der Waals surface area contributed by atoms with Crippen LogP contribution in [-0.4, -0.2) is 47.2 Å². The quantitative estimate of drug-likeness (QED) is 0.491. The van der Waals surface area contributed by atoms with E-state index in [1.807, 2.05) is 52.0 Å². The molecule has 1 aliphatic rings. The molecule has 0 aliphatic carbocycles. The van der Waals surface area contributed by atoms with E-state index in [4.69, 9.17) is 4.74 Å². The zero-order valence-corrected chi connectivity index (χ0v) is 22.1. The van der Waals surface area contributed by atoms with Crippen molar-refractivity contribution in [3.63, 3.8) is 0 Å². The highest BCUT2D eigenvalue weighted by Crippen LogP contribution is 2.41. The second kappa shape index (κ2) is 11.4. The van der Waals surface area contributed by atoms with Gasteiger partial charge in [-0.05, 0) is 76.6 Å². The summed E-state index contributed by atoms with van der Waals surface area (Å²) in [6.45, 7) is 10.2. The Hall–Kier alpha value is -2.93. The van der Waals surface area contributed by atoms with Crippen molar-refractivity contribution in [2.24, 2.45) is 5.92 Å². The molecule has 0 saturated carbocycles. The van der Waals surface area contributed by atoms with Crippen molar-refractivity contribution in [2.45, 2.75) is 71.5 Å². The first-order chi connectivity index (χ1) is 16.9. The third kappa shape index (κ3) is 7.06. The number of carbonyl (C=O) groups is 2. The molecule has 196 valence electrons. The lowest BCUT2D eigenvalue weighted by molar-refractivity contribution is -0.119. The molecule has 0 bridgehead atoms. The average molecular weight is 499 g/mol. The molecule has 1 unspecified atom stereocenters. The predicted octanol–water partition coefficient (Wildman–Crippen LogP) is 5.55. The fraction of sp³-hybridized carbons (Fsp3) is 0.517. The second-order valence-corrected chi connectivity index (χ2v) is 10.8. The van der Waals surface area contributed by atoms with E-state index in [1.165, 1.54) is 13.0 Å². The lowest BCUT2D eigenvalue weighted by atomic mass is 9.73. The summed E-state index contributed by atoms with van der Waals surface area (Å²) in [6.07, 6.45) is 1.94. The molecule has 1 fully saturated rings. The number of carbonyl (C=O) groups excluding carboxylic acids is 2. The number of aryl methyl sites for hydroxylation is 1. The predicted molar refractivity (Wildman–Crippen MR) is 139 cm³/mol. The molecule has 2 atom stereocenters. The summed E-state index contributed by atoms with van der Waals surface area (Å²) in [5.41, 5.74) is 0.872. The number of aliphatic hydroxyl groups is 1. The molecule has 2 aromatic rings. The standard InChI is InChI=1S/C29H39FN2O4/c1-20-9-6-10-22(17-20)25-18-23(12-13-26(25)30)29(35,14-8-15-31-21(2)33)24-11-7-16-32(19-24)27(34)36-28(3,4)5/h6,9-10,12-13,17-18,24,35H,7-8,11,14-16,19H2,1-5H3,(H,31,33)/t24?,29-/m1/s1. The van der Waals surface area contributed by atoms with Gasteiger partial charge < -0.3 is 20.1 Å². The summed E-state index contributed by atoms with van der Waals surface area (Å²) >= 11 is 0. The highest BCUT2D eigenvalue weighted by Gasteiger charge is 2.42. The number of benzene rings is 2. The maximum atomic E-state index is 14.9. The number of hydrogen-bond acceptors (Lipinski definition) is 4. The van der Waals surface area contributed by atoms with E-state index in [1.54, 1.807) is 17.0 Å². The van der Waals surface area contributed by atoms with E-state index in [9.17, 15) is 19.1 Å². The third-order valence-electron chi connectivity index (χ3n) is 6.65. The molecular weight excluding hydrogens is 459 g/mol. The van der Waals surface area contributed by atoms with Gasteiger partial charge in [-0.15, -0.1) is 0 Å². The Kier molecular flexibility index (Phi) is 8.77. The van der Waals surface area contributed by atoms with Gasteiger partial charge in [0.25, 0.3) is 0 Å². The summed E-state index contributed by atoms with van der Waals surface area (Å²) in [4.78, 5) is 25.8. The maximum absolute atomic E-state index is 14.9. The minimum atomic E-state index is -1.31. The fourth-order valence-corrected chi connectivity index (χ4v) is 4.89. The number of halogens is 1. The van der Waals surface area contributed by atoms with Crippen LogP contribution in [0, 0.1) is 18.7 Å². The molecule has 1 saturated heterocycles. The van der Waals surface area contributed by atoms with Crippen molar-refractivity contribution >= 4 is 12.0 Å². The van der Waals surface area contributed by atoms with Crippen molar-refractivity contribution in [3.05, 3.63) is 59.4 Å². The molecule has 2 N–H and O–H groups in total. The van der Waals surface area contributed by atoms with Crippen LogP contribution >= 0.6 is 0 Å². The molecule has 2 amide bonds. The summed E-state index contributed by atoms with van der Waals surface area (Å²) in [5.74, 6) is -0.758. The number of piperidine rings is 1. The van der Waals surface area contributed by atoms with Crippen molar-refractivity contribution in [1.29, 1.82) is 0 Å². The molecule has 2 aromatic carbocycles. The van der Waals surface area contributed by atoms with Gasteiger partial charge in [-0.1, -0.05) is 35.9 Å². The zero-order chi connectivity index (χ0) is 26.5. The highest BCUT2D eigenvalue weighted by molar-refractivity contribution is 5.72. The number of ether oxygens (including phenoxy) is 1. The van der Waals surface area contributed by atoms with Crippen LogP contribution in [0.1, 0.15) is 64.5 Å². The zero-order valence-electron chi connectivity index (χ0n) is 22.1. The Bertz CT molecular complexity index is 1080. The van der Waals surface area contributed by atoms with E-state index in [0.717, 1.165) is 17.5 Å². The van der Waals surface area contributed by atoms with E-state index in [-0.39, 0.29) is 17.6 Å². The average Bonchev–Trinajstić information content (AvgIpc) is 2.81. The molecule has 6 nitrogen and oxygen atoms in total. The summed E-state index contributed by atoms with van der Waals surface area (Å²) in [7, 11) is 0. The van der Waals surface area contributed by atoms with Gasteiger partial charge in [0.2, 0.25) is 5.91 Å². The van der Waals surface area contributed by atoms with Gasteiger partial charge in [-0.25, -0.2) is 9.18 Å². The van der Waals surface area contributed by atoms with E-state index in [2.05, 4.69) is 5.32 Å². The molecule has 36 heavy (non-hydrogen) atoms. The van der Waals surface area contributed by atoms with E-state index >= 15 is 0 Å². The number of amides is 2. The van der Waals surface area contributed by atoms with Crippen LogP contribution in [0.5, 0.6) is 0 Å².